The van der Waals surface area contributed by atoms with E-state index in [1.807, 2.05) is 31.2 Å². The fourth-order valence-electron chi connectivity index (χ4n) is 2.19. The number of thiazole rings is 1. The van der Waals surface area contributed by atoms with Gasteiger partial charge in [-0.2, -0.15) is 0 Å². The van der Waals surface area contributed by atoms with Gasteiger partial charge in [-0.1, -0.05) is 12.1 Å². The summed E-state index contributed by atoms with van der Waals surface area (Å²) in [7, 11) is 0. The van der Waals surface area contributed by atoms with E-state index in [9.17, 15) is 5.11 Å². The van der Waals surface area contributed by atoms with Crippen LogP contribution >= 0.6 is 11.3 Å². The molecular weight excluding hydrogens is 258 g/mol. The minimum atomic E-state index is 0.0836. The lowest BCUT2D eigenvalue weighted by Crippen LogP contribution is -1.93. The van der Waals surface area contributed by atoms with Crippen molar-refractivity contribution < 1.29 is 9.84 Å². The third-order valence-electron chi connectivity index (χ3n) is 3.25. The fraction of sp³-hybridized carbons (Fsp3) is 0.400. The highest BCUT2D eigenvalue weighted by molar-refractivity contribution is 7.15. The molecule has 19 heavy (non-hydrogen) atoms. The van der Waals surface area contributed by atoms with Crippen LogP contribution in [-0.2, 0) is 6.61 Å². The first-order chi connectivity index (χ1) is 9.33. The standard InChI is InChI=1S/C15H17NO2S/c1-2-18-12-6-4-3-5-11(12)15-16-14(10-7-8-10)13(9-17)19-15/h3-6,10,17H,2,7-9H2,1H3. The van der Waals surface area contributed by atoms with Gasteiger partial charge >= 0.3 is 0 Å². The molecule has 1 aliphatic rings. The van der Waals surface area contributed by atoms with Crippen molar-refractivity contribution in [2.45, 2.75) is 32.3 Å². The molecule has 0 atom stereocenters. The van der Waals surface area contributed by atoms with Gasteiger partial charge in [0.05, 0.1) is 29.3 Å². The maximum Gasteiger partial charge on any atom is 0.129 e. The van der Waals surface area contributed by atoms with Crippen LogP contribution in [0.25, 0.3) is 10.6 Å². The number of hydrogen-bond acceptors (Lipinski definition) is 4. The van der Waals surface area contributed by atoms with E-state index < -0.39 is 0 Å². The van der Waals surface area contributed by atoms with Gasteiger partial charge in [0.15, 0.2) is 0 Å². The molecule has 0 saturated heterocycles. The summed E-state index contributed by atoms with van der Waals surface area (Å²) in [6, 6.07) is 7.96. The zero-order valence-electron chi connectivity index (χ0n) is 10.9. The topological polar surface area (TPSA) is 42.4 Å². The highest BCUT2D eigenvalue weighted by Crippen LogP contribution is 2.45. The number of para-hydroxylation sites is 1. The van der Waals surface area contributed by atoms with E-state index in [0.29, 0.717) is 12.5 Å². The Balaban J connectivity index is 2.01. The van der Waals surface area contributed by atoms with Gasteiger partial charge in [0.1, 0.15) is 10.8 Å². The number of aliphatic hydroxyl groups excluding tert-OH is 1. The third-order valence-corrected chi connectivity index (χ3v) is 4.34. The average Bonchev–Trinajstić information content (AvgIpc) is 3.19. The lowest BCUT2D eigenvalue weighted by Gasteiger charge is -2.07. The molecule has 0 aliphatic heterocycles. The molecule has 0 spiro atoms. The second-order valence-corrected chi connectivity index (χ2v) is 5.77. The van der Waals surface area contributed by atoms with E-state index in [-0.39, 0.29) is 6.61 Å². The Morgan fingerprint density at radius 2 is 2.16 bits per heavy atom. The first-order valence-electron chi connectivity index (χ1n) is 6.66. The molecule has 3 rings (SSSR count). The Bertz CT molecular complexity index is 575. The van der Waals surface area contributed by atoms with Gasteiger partial charge in [0, 0.05) is 5.92 Å². The largest absolute Gasteiger partial charge is 0.493 e. The summed E-state index contributed by atoms with van der Waals surface area (Å²) in [5, 5.41) is 10.4. The fourth-order valence-corrected chi connectivity index (χ4v) is 3.23. The first-order valence-corrected chi connectivity index (χ1v) is 7.47. The molecule has 0 amide bonds. The predicted octanol–water partition coefficient (Wildman–Crippen LogP) is 3.58. The SMILES string of the molecule is CCOc1ccccc1-c1nc(C2CC2)c(CO)s1. The lowest BCUT2D eigenvalue weighted by molar-refractivity contribution is 0.284. The van der Waals surface area contributed by atoms with E-state index in [2.05, 4.69) is 0 Å². The van der Waals surface area contributed by atoms with Crippen LogP contribution in [0.5, 0.6) is 5.75 Å². The van der Waals surface area contributed by atoms with Gasteiger partial charge < -0.3 is 9.84 Å². The van der Waals surface area contributed by atoms with Crippen molar-refractivity contribution in [3.05, 3.63) is 34.8 Å². The van der Waals surface area contributed by atoms with E-state index in [4.69, 9.17) is 9.72 Å². The molecular formula is C15H17NO2S. The quantitative estimate of drug-likeness (QED) is 0.907. The van der Waals surface area contributed by atoms with Gasteiger partial charge in [-0.25, -0.2) is 4.98 Å². The maximum absolute atomic E-state index is 9.47. The smallest absolute Gasteiger partial charge is 0.129 e. The Morgan fingerprint density at radius 3 is 2.84 bits per heavy atom. The van der Waals surface area contributed by atoms with Crippen LogP contribution in [0.2, 0.25) is 0 Å². The Labute approximate surface area is 116 Å². The number of benzene rings is 1. The number of ether oxygens (including phenoxy) is 1. The maximum atomic E-state index is 9.47. The number of hydrogen-bond donors (Lipinski definition) is 1. The van der Waals surface area contributed by atoms with Crippen LogP contribution in [0.15, 0.2) is 24.3 Å². The molecule has 1 saturated carbocycles. The summed E-state index contributed by atoms with van der Waals surface area (Å²) in [5.74, 6) is 1.43. The van der Waals surface area contributed by atoms with Crippen molar-refractivity contribution in [1.82, 2.24) is 4.98 Å². The molecule has 1 heterocycles. The van der Waals surface area contributed by atoms with Crippen molar-refractivity contribution in [3.63, 3.8) is 0 Å². The van der Waals surface area contributed by atoms with Gasteiger partial charge in [0.25, 0.3) is 0 Å². The third kappa shape index (κ3) is 2.51. The monoisotopic (exact) mass is 275 g/mol. The molecule has 0 bridgehead atoms. The van der Waals surface area contributed by atoms with Crippen LogP contribution in [0, 0.1) is 0 Å². The van der Waals surface area contributed by atoms with E-state index in [1.54, 1.807) is 11.3 Å². The van der Waals surface area contributed by atoms with Crippen molar-refractivity contribution in [2.24, 2.45) is 0 Å². The second kappa shape index (κ2) is 5.31. The van der Waals surface area contributed by atoms with E-state index >= 15 is 0 Å². The molecule has 1 aromatic heterocycles. The summed E-state index contributed by atoms with van der Waals surface area (Å²) in [5.41, 5.74) is 2.12. The van der Waals surface area contributed by atoms with Crippen molar-refractivity contribution in [2.75, 3.05) is 6.61 Å². The molecule has 1 N–H and O–H groups in total. The molecule has 0 radical (unpaired) electrons. The first kappa shape index (κ1) is 12.6. The summed E-state index contributed by atoms with van der Waals surface area (Å²) < 4.78 is 5.65. The van der Waals surface area contributed by atoms with Crippen LogP contribution in [0.4, 0.5) is 0 Å². The predicted molar refractivity (Wildman–Crippen MR) is 76.6 cm³/mol. The Kier molecular flexibility index (Phi) is 3.53. The molecule has 4 heteroatoms. The highest BCUT2D eigenvalue weighted by Gasteiger charge is 2.29. The van der Waals surface area contributed by atoms with Gasteiger partial charge in [-0.05, 0) is 31.9 Å². The minimum Gasteiger partial charge on any atom is -0.493 e. The summed E-state index contributed by atoms with van der Waals surface area (Å²) in [6.07, 6.45) is 2.40. The summed E-state index contributed by atoms with van der Waals surface area (Å²) >= 11 is 1.58. The van der Waals surface area contributed by atoms with Gasteiger partial charge in [0.2, 0.25) is 0 Å². The van der Waals surface area contributed by atoms with Crippen LogP contribution in [-0.4, -0.2) is 16.7 Å². The number of rotatable bonds is 5. The van der Waals surface area contributed by atoms with E-state index in [0.717, 1.165) is 26.9 Å². The van der Waals surface area contributed by atoms with Gasteiger partial charge in [-0.15, -0.1) is 11.3 Å². The molecule has 0 unspecified atom stereocenters. The molecule has 1 aliphatic carbocycles. The van der Waals surface area contributed by atoms with Crippen molar-refractivity contribution >= 4 is 11.3 Å². The lowest BCUT2D eigenvalue weighted by atomic mass is 10.2. The molecule has 3 nitrogen and oxygen atoms in total. The zero-order chi connectivity index (χ0) is 13.2. The van der Waals surface area contributed by atoms with Crippen molar-refractivity contribution in [3.8, 4) is 16.3 Å². The summed E-state index contributed by atoms with van der Waals surface area (Å²) in [4.78, 5) is 5.74. The molecule has 2 aromatic rings. The number of aromatic nitrogens is 1. The Morgan fingerprint density at radius 1 is 1.37 bits per heavy atom. The zero-order valence-corrected chi connectivity index (χ0v) is 11.7. The molecule has 1 fully saturated rings. The van der Waals surface area contributed by atoms with Crippen molar-refractivity contribution in [1.29, 1.82) is 0 Å². The van der Waals surface area contributed by atoms with Gasteiger partial charge in [-0.3, -0.25) is 0 Å². The number of aliphatic hydroxyl groups is 1. The van der Waals surface area contributed by atoms with Crippen LogP contribution < -0.4 is 4.74 Å². The normalized spacial score (nSPS) is 14.6. The van der Waals surface area contributed by atoms with Crippen LogP contribution in [0.3, 0.4) is 0 Å². The van der Waals surface area contributed by atoms with Crippen LogP contribution in [0.1, 0.15) is 36.3 Å². The molecule has 1 aromatic carbocycles. The Hall–Kier alpha value is -1.39. The average molecular weight is 275 g/mol. The second-order valence-electron chi connectivity index (χ2n) is 4.69. The molecule has 100 valence electrons. The highest BCUT2D eigenvalue weighted by atomic mass is 32.1. The minimum absolute atomic E-state index is 0.0836. The number of nitrogens with zero attached hydrogens (tertiary/aromatic N) is 1. The van der Waals surface area contributed by atoms with E-state index in [1.165, 1.54) is 12.8 Å². The summed E-state index contributed by atoms with van der Waals surface area (Å²) in [6.45, 7) is 2.71.